The van der Waals surface area contributed by atoms with Gasteiger partial charge in [-0.25, -0.2) is 4.98 Å². The third-order valence-electron chi connectivity index (χ3n) is 5.37. The number of amides is 1. The van der Waals surface area contributed by atoms with Crippen molar-refractivity contribution < 1.29 is 9.53 Å². The van der Waals surface area contributed by atoms with Gasteiger partial charge >= 0.3 is 0 Å². The van der Waals surface area contributed by atoms with Crippen LogP contribution in [-0.2, 0) is 11.2 Å². The molecule has 1 fully saturated rings. The summed E-state index contributed by atoms with van der Waals surface area (Å²) in [5.41, 5.74) is 4.33. The Balaban J connectivity index is 1.43. The molecule has 0 radical (unpaired) electrons. The Bertz CT molecular complexity index is 963. The molecule has 0 bridgehead atoms. The van der Waals surface area contributed by atoms with Crippen LogP contribution < -0.4 is 4.74 Å². The molecule has 1 aliphatic rings. The van der Waals surface area contributed by atoms with Gasteiger partial charge in [0.05, 0.1) is 29.8 Å². The third kappa shape index (κ3) is 4.51. The van der Waals surface area contributed by atoms with E-state index in [2.05, 4.69) is 34.6 Å². The molecule has 1 aliphatic heterocycles. The Morgan fingerprint density at radius 2 is 1.93 bits per heavy atom. The lowest BCUT2D eigenvalue weighted by Crippen LogP contribution is -2.31. The fraction of sp³-hybridized carbons (Fsp3) is 0.333. The van der Waals surface area contributed by atoms with Crippen molar-refractivity contribution in [1.29, 1.82) is 0 Å². The van der Waals surface area contributed by atoms with Crippen molar-refractivity contribution in [2.45, 2.75) is 39.2 Å². The van der Waals surface area contributed by atoms with E-state index in [0.717, 1.165) is 47.0 Å². The van der Waals surface area contributed by atoms with Crippen LogP contribution >= 0.6 is 11.3 Å². The maximum atomic E-state index is 13.0. The smallest absolute Gasteiger partial charge is 0.227 e. The minimum atomic E-state index is 0.162. The molecule has 0 saturated carbocycles. The highest BCUT2D eigenvalue weighted by Gasteiger charge is 2.29. The Kier molecular flexibility index (Phi) is 5.95. The molecule has 0 aliphatic carbocycles. The fourth-order valence-corrected chi connectivity index (χ4v) is 4.55. The Morgan fingerprint density at radius 3 is 2.59 bits per heavy atom. The molecule has 150 valence electrons. The summed E-state index contributed by atoms with van der Waals surface area (Å²) in [6, 6.07) is 16.6. The molecule has 1 aromatic heterocycles. The number of rotatable bonds is 6. The number of benzene rings is 2. The predicted molar refractivity (Wildman–Crippen MR) is 117 cm³/mol. The lowest BCUT2D eigenvalue weighted by Gasteiger charge is -2.25. The lowest BCUT2D eigenvalue weighted by atomic mass is 10.0. The van der Waals surface area contributed by atoms with Crippen LogP contribution in [0.1, 0.15) is 41.9 Å². The highest BCUT2D eigenvalue weighted by atomic mass is 32.1. The van der Waals surface area contributed by atoms with Gasteiger partial charge in [-0.2, -0.15) is 0 Å². The largest absolute Gasteiger partial charge is 0.494 e. The molecule has 29 heavy (non-hydrogen) atoms. The summed E-state index contributed by atoms with van der Waals surface area (Å²) in [5, 5.41) is 3.13. The maximum absolute atomic E-state index is 13.0. The van der Waals surface area contributed by atoms with Gasteiger partial charge in [-0.15, -0.1) is 11.3 Å². The van der Waals surface area contributed by atoms with E-state index in [4.69, 9.17) is 4.74 Å². The zero-order valence-electron chi connectivity index (χ0n) is 16.9. The first-order chi connectivity index (χ1) is 14.1. The van der Waals surface area contributed by atoms with Gasteiger partial charge in [0.2, 0.25) is 5.91 Å². The number of aryl methyl sites for hydroxylation is 1. The van der Waals surface area contributed by atoms with Gasteiger partial charge in [0.1, 0.15) is 5.75 Å². The van der Waals surface area contributed by atoms with Gasteiger partial charge < -0.3 is 9.64 Å². The predicted octanol–water partition coefficient (Wildman–Crippen LogP) is 5.42. The van der Waals surface area contributed by atoms with E-state index in [1.165, 1.54) is 5.56 Å². The van der Waals surface area contributed by atoms with Crippen molar-refractivity contribution in [3.8, 4) is 17.0 Å². The molecule has 0 N–H and O–H groups in total. The first-order valence-corrected chi connectivity index (χ1v) is 11.1. The highest BCUT2D eigenvalue weighted by Crippen LogP contribution is 2.33. The summed E-state index contributed by atoms with van der Waals surface area (Å²) < 4.78 is 5.54. The average Bonchev–Trinajstić information content (AvgIpc) is 3.39. The number of ether oxygens (including phenoxy) is 1. The fourth-order valence-electron chi connectivity index (χ4n) is 3.93. The van der Waals surface area contributed by atoms with Gasteiger partial charge in [0, 0.05) is 17.5 Å². The summed E-state index contributed by atoms with van der Waals surface area (Å²) in [6.07, 6.45) is 2.50. The third-order valence-corrected chi connectivity index (χ3v) is 6.15. The zero-order valence-corrected chi connectivity index (χ0v) is 17.7. The molecule has 1 amide bonds. The topological polar surface area (TPSA) is 42.4 Å². The van der Waals surface area contributed by atoms with Crippen molar-refractivity contribution in [3.63, 3.8) is 0 Å². The monoisotopic (exact) mass is 406 g/mol. The summed E-state index contributed by atoms with van der Waals surface area (Å²) in [7, 11) is 0. The van der Waals surface area contributed by atoms with Gasteiger partial charge in [0.25, 0.3) is 0 Å². The van der Waals surface area contributed by atoms with Gasteiger partial charge in [-0.05, 0) is 49.9 Å². The van der Waals surface area contributed by atoms with Crippen LogP contribution in [0.15, 0.2) is 53.9 Å². The summed E-state index contributed by atoms with van der Waals surface area (Å²) in [6.45, 7) is 5.48. The highest BCUT2D eigenvalue weighted by molar-refractivity contribution is 7.09. The van der Waals surface area contributed by atoms with Crippen LogP contribution in [0.3, 0.4) is 0 Å². The molecule has 4 rings (SSSR count). The number of aromatic nitrogens is 1. The normalized spacial score (nSPS) is 16.2. The molecular formula is C24H26N2O2S. The average molecular weight is 407 g/mol. The molecule has 2 heterocycles. The maximum Gasteiger partial charge on any atom is 0.227 e. The molecule has 4 nitrogen and oxygen atoms in total. The SMILES string of the molecule is CCOc1ccc(C2CCCN2C(=O)Cc2ccc(-c3csc(C)n3)cc2)cc1. The Labute approximate surface area is 176 Å². The van der Waals surface area contributed by atoms with Crippen LogP contribution in [0.5, 0.6) is 5.75 Å². The molecule has 2 aromatic carbocycles. The standard InChI is InChI=1S/C24H26N2O2S/c1-3-28-21-12-10-20(11-13-21)23-5-4-14-26(23)24(27)15-18-6-8-19(9-7-18)22-16-29-17(2)25-22/h6-13,16,23H,3-5,14-15H2,1-2H3. The van der Waals surface area contributed by atoms with E-state index in [1.807, 2.05) is 43.0 Å². The Morgan fingerprint density at radius 1 is 1.17 bits per heavy atom. The van der Waals surface area contributed by atoms with E-state index < -0.39 is 0 Å². The first kappa shape index (κ1) is 19.6. The number of thiazole rings is 1. The molecule has 1 unspecified atom stereocenters. The second kappa shape index (κ2) is 8.78. The Hall–Kier alpha value is -2.66. The summed E-state index contributed by atoms with van der Waals surface area (Å²) in [5.74, 6) is 1.07. The van der Waals surface area contributed by atoms with Crippen molar-refractivity contribution in [2.75, 3.05) is 13.2 Å². The second-order valence-corrected chi connectivity index (χ2v) is 8.43. The van der Waals surface area contributed by atoms with Gasteiger partial charge in [-0.3, -0.25) is 4.79 Å². The number of hydrogen-bond donors (Lipinski definition) is 0. The molecular weight excluding hydrogens is 380 g/mol. The molecule has 1 saturated heterocycles. The summed E-state index contributed by atoms with van der Waals surface area (Å²) in [4.78, 5) is 19.6. The van der Waals surface area contributed by atoms with E-state index in [9.17, 15) is 4.79 Å². The van der Waals surface area contributed by atoms with E-state index in [0.29, 0.717) is 13.0 Å². The van der Waals surface area contributed by atoms with Crippen LogP contribution in [0.4, 0.5) is 0 Å². The second-order valence-electron chi connectivity index (χ2n) is 7.37. The molecule has 5 heteroatoms. The van der Waals surface area contributed by atoms with Crippen molar-refractivity contribution in [1.82, 2.24) is 9.88 Å². The van der Waals surface area contributed by atoms with E-state index in [-0.39, 0.29) is 11.9 Å². The van der Waals surface area contributed by atoms with Crippen LogP contribution in [0.25, 0.3) is 11.3 Å². The number of nitrogens with zero attached hydrogens (tertiary/aromatic N) is 2. The van der Waals surface area contributed by atoms with Crippen LogP contribution in [-0.4, -0.2) is 28.9 Å². The number of hydrogen-bond acceptors (Lipinski definition) is 4. The number of carbonyl (C=O) groups excluding carboxylic acids is 1. The van der Waals surface area contributed by atoms with E-state index in [1.54, 1.807) is 11.3 Å². The summed E-state index contributed by atoms with van der Waals surface area (Å²) >= 11 is 1.65. The molecule has 0 spiro atoms. The van der Waals surface area contributed by atoms with Crippen LogP contribution in [0, 0.1) is 6.92 Å². The molecule has 1 atom stereocenters. The molecule has 3 aromatic rings. The first-order valence-electron chi connectivity index (χ1n) is 10.2. The number of likely N-dealkylation sites (tertiary alicyclic amines) is 1. The van der Waals surface area contributed by atoms with Crippen molar-refractivity contribution >= 4 is 17.2 Å². The van der Waals surface area contributed by atoms with E-state index >= 15 is 0 Å². The number of carbonyl (C=O) groups is 1. The van der Waals surface area contributed by atoms with Crippen molar-refractivity contribution in [2.24, 2.45) is 0 Å². The van der Waals surface area contributed by atoms with Crippen LogP contribution in [0.2, 0.25) is 0 Å². The minimum absolute atomic E-state index is 0.162. The lowest BCUT2D eigenvalue weighted by molar-refractivity contribution is -0.131. The van der Waals surface area contributed by atoms with Crippen molar-refractivity contribution in [3.05, 3.63) is 70.0 Å². The zero-order chi connectivity index (χ0) is 20.2. The van der Waals surface area contributed by atoms with Gasteiger partial charge in [0.15, 0.2) is 0 Å². The minimum Gasteiger partial charge on any atom is -0.494 e. The van der Waals surface area contributed by atoms with Gasteiger partial charge in [-0.1, -0.05) is 36.4 Å². The quantitative estimate of drug-likeness (QED) is 0.549.